The van der Waals surface area contributed by atoms with Crippen LogP contribution in [0.3, 0.4) is 0 Å². The molecule has 0 aromatic heterocycles. The van der Waals surface area contributed by atoms with E-state index in [2.05, 4.69) is 13.0 Å². The second kappa shape index (κ2) is 7.31. The predicted molar refractivity (Wildman–Crippen MR) is 101 cm³/mol. The zero-order valence-corrected chi connectivity index (χ0v) is 17.0. The summed E-state index contributed by atoms with van der Waals surface area (Å²) >= 11 is 0. The molecule has 0 amide bonds. The highest BCUT2D eigenvalue weighted by Crippen LogP contribution is 2.52. The van der Waals surface area contributed by atoms with Gasteiger partial charge < -0.3 is 28.4 Å². The monoisotopic (exact) mass is 392 g/mol. The van der Waals surface area contributed by atoms with E-state index in [1.807, 2.05) is 13.0 Å². The van der Waals surface area contributed by atoms with Gasteiger partial charge in [0, 0.05) is 18.3 Å². The first kappa shape index (κ1) is 18.9. The van der Waals surface area contributed by atoms with Crippen molar-refractivity contribution in [2.24, 2.45) is 10.8 Å². The fraction of sp³-hybridized carbons (Fsp3) is 0.818. The van der Waals surface area contributed by atoms with E-state index in [9.17, 15) is 0 Å². The Morgan fingerprint density at radius 2 is 1.46 bits per heavy atom. The molecule has 3 atom stereocenters. The average molecular weight is 392 g/mol. The van der Waals surface area contributed by atoms with E-state index in [0.717, 1.165) is 38.5 Å². The third-order valence-electron chi connectivity index (χ3n) is 7.37. The van der Waals surface area contributed by atoms with Crippen molar-refractivity contribution >= 4 is 0 Å². The first-order chi connectivity index (χ1) is 13.7. The molecule has 1 saturated carbocycles. The Morgan fingerprint density at radius 3 is 2.14 bits per heavy atom. The molecule has 6 nitrogen and oxygen atoms in total. The maximum atomic E-state index is 6.60. The first-order valence-corrected chi connectivity index (χ1v) is 10.8. The Bertz CT molecular complexity index is 619. The molecule has 156 valence electrons. The molecular weight excluding hydrogens is 360 g/mol. The lowest BCUT2D eigenvalue weighted by molar-refractivity contribution is -0.344. The van der Waals surface area contributed by atoms with Gasteiger partial charge >= 0.3 is 0 Å². The van der Waals surface area contributed by atoms with Crippen molar-refractivity contribution in [1.82, 2.24) is 0 Å². The zero-order valence-electron chi connectivity index (χ0n) is 17.0. The van der Waals surface area contributed by atoms with Crippen LogP contribution in [0.1, 0.15) is 52.4 Å². The Hall–Kier alpha value is -1.08. The van der Waals surface area contributed by atoms with Crippen LogP contribution in [-0.4, -0.2) is 51.2 Å². The molecule has 6 heteroatoms. The van der Waals surface area contributed by atoms with Crippen molar-refractivity contribution in [2.75, 3.05) is 26.4 Å². The second-order valence-electron chi connectivity index (χ2n) is 9.03. The van der Waals surface area contributed by atoms with Gasteiger partial charge in [-0.3, -0.25) is 0 Å². The fourth-order valence-electron chi connectivity index (χ4n) is 5.43. The minimum atomic E-state index is -0.327. The minimum Gasteiger partial charge on any atom is -0.465 e. The van der Waals surface area contributed by atoms with Crippen molar-refractivity contribution in [1.29, 1.82) is 0 Å². The van der Waals surface area contributed by atoms with Gasteiger partial charge in [0.15, 0.2) is 12.6 Å². The molecule has 28 heavy (non-hydrogen) atoms. The molecular formula is C22H32O6. The van der Waals surface area contributed by atoms with E-state index in [1.165, 1.54) is 5.57 Å². The van der Waals surface area contributed by atoms with Crippen LogP contribution in [0.4, 0.5) is 0 Å². The topological polar surface area (TPSA) is 55.4 Å². The standard InChI is InChI=1S/C22H32O6/c1-3-15-7-9-21(10-8-15)11-23-16(4-2)27-19(21)20-22-12-24-17(25-13-22)5-6-18(28-20)26-14-22/h3-4,17-20H,5-14H2,1-2H3. The lowest BCUT2D eigenvalue weighted by Crippen LogP contribution is -2.65. The summed E-state index contributed by atoms with van der Waals surface area (Å²) in [5.41, 5.74) is 1.15. The van der Waals surface area contributed by atoms with Gasteiger partial charge in [-0.2, -0.15) is 0 Å². The van der Waals surface area contributed by atoms with Gasteiger partial charge in [0.05, 0.1) is 25.2 Å². The normalized spacial score (nSPS) is 47.2. The Balaban J connectivity index is 1.50. The van der Waals surface area contributed by atoms with Crippen LogP contribution >= 0.6 is 0 Å². The summed E-state index contributed by atoms with van der Waals surface area (Å²) in [7, 11) is 0. The van der Waals surface area contributed by atoms with E-state index in [1.54, 1.807) is 0 Å². The van der Waals surface area contributed by atoms with E-state index in [0.29, 0.717) is 32.4 Å². The molecule has 0 aromatic rings. The molecule has 7 saturated heterocycles. The highest BCUT2D eigenvalue weighted by molar-refractivity contribution is 5.13. The van der Waals surface area contributed by atoms with Crippen LogP contribution in [0, 0.1) is 10.8 Å². The van der Waals surface area contributed by atoms with Crippen LogP contribution < -0.4 is 0 Å². The average Bonchev–Trinajstić information content (AvgIpc) is 2.96. The smallest absolute Gasteiger partial charge is 0.274 e. The third-order valence-corrected chi connectivity index (χ3v) is 7.37. The second-order valence-corrected chi connectivity index (χ2v) is 9.03. The lowest BCUT2D eigenvalue weighted by atomic mass is 9.63. The molecule has 1 aliphatic carbocycles. The predicted octanol–water partition coefficient (Wildman–Crippen LogP) is 3.66. The van der Waals surface area contributed by atoms with Gasteiger partial charge in [-0.25, -0.2) is 0 Å². The Kier molecular flexibility index (Phi) is 4.94. The van der Waals surface area contributed by atoms with Crippen LogP contribution in [0.5, 0.6) is 0 Å². The highest BCUT2D eigenvalue weighted by atomic mass is 16.7. The SMILES string of the molecule is CC=C1CCC2(CC1)COC(=CC)OC2C1OC2CCC3OCC1(CO3)CO2. The van der Waals surface area contributed by atoms with Gasteiger partial charge in [0.1, 0.15) is 18.8 Å². The summed E-state index contributed by atoms with van der Waals surface area (Å²) in [6, 6.07) is 0. The maximum absolute atomic E-state index is 6.60. The largest absolute Gasteiger partial charge is 0.465 e. The molecule has 8 fully saturated rings. The fourth-order valence-corrected chi connectivity index (χ4v) is 5.43. The minimum absolute atomic E-state index is 0.0521. The zero-order chi connectivity index (χ0) is 19.2. The van der Waals surface area contributed by atoms with Gasteiger partial charge in [0.2, 0.25) is 0 Å². The molecule has 7 heterocycles. The molecule has 8 aliphatic rings. The van der Waals surface area contributed by atoms with E-state index in [-0.39, 0.29) is 35.6 Å². The van der Waals surface area contributed by atoms with Crippen molar-refractivity contribution in [2.45, 2.75) is 77.2 Å². The van der Waals surface area contributed by atoms with Gasteiger partial charge in [-0.05, 0) is 45.6 Å². The van der Waals surface area contributed by atoms with Gasteiger partial charge in [-0.1, -0.05) is 11.6 Å². The molecule has 3 bridgehead atoms. The van der Waals surface area contributed by atoms with Crippen LogP contribution in [0.25, 0.3) is 0 Å². The summed E-state index contributed by atoms with van der Waals surface area (Å²) in [5.74, 6) is 0.611. The summed E-state index contributed by atoms with van der Waals surface area (Å²) in [6.45, 7) is 6.56. The molecule has 0 N–H and O–H groups in total. The summed E-state index contributed by atoms with van der Waals surface area (Å²) < 4.78 is 37.3. The Labute approximate surface area is 167 Å². The van der Waals surface area contributed by atoms with Gasteiger partial charge in [0.25, 0.3) is 5.95 Å². The number of hydrogen-bond acceptors (Lipinski definition) is 6. The van der Waals surface area contributed by atoms with Crippen molar-refractivity contribution in [3.8, 4) is 0 Å². The van der Waals surface area contributed by atoms with Crippen molar-refractivity contribution in [3.05, 3.63) is 23.7 Å². The first-order valence-electron chi connectivity index (χ1n) is 10.8. The van der Waals surface area contributed by atoms with Crippen molar-refractivity contribution in [3.63, 3.8) is 0 Å². The molecule has 0 radical (unpaired) electrons. The third kappa shape index (κ3) is 3.09. The molecule has 0 aromatic carbocycles. The number of hydrogen-bond donors (Lipinski definition) is 0. The molecule has 8 rings (SSSR count). The maximum Gasteiger partial charge on any atom is 0.274 e. The molecule has 3 unspecified atom stereocenters. The van der Waals surface area contributed by atoms with Crippen LogP contribution in [0.15, 0.2) is 23.7 Å². The van der Waals surface area contributed by atoms with Gasteiger partial charge in [-0.15, -0.1) is 0 Å². The van der Waals surface area contributed by atoms with Crippen LogP contribution in [-0.2, 0) is 28.4 Å². The number of ether oxygens (including phenoxy) is 6. The molecule has 2 spiro atoms. The highest BCUT2D eigenvalue weighted by Gasteiger charge is 2.60. The summed E-state index contributed by atoms with van der Waals surface area (Å²) in [4.78, 5) is 0. The Morgan fingerprint density at radius 1 is 0.786 bits per heavy atom. The summed E-state index contributed by atoms with van der Waals surface area (Å²) in [6.07, 6.45) is 9.50. The number of allylic oxidation sites excluding steroid dienone is 3. The van der Waals surface area contributed by atoms with Crippen LogP contribution in [0.2, 0.25) is 0 Å². The van der Waals surface area contributed by atoms with Crippen molar-refractivity contribution < 1.29 is 28.4 Å². The summed E-state index contributed by atoms with van der Waals surface area (Å²) in [5, 5.41) is 0. The quantitative estimate of drug-likeness (QED) is 0.635. The number of rotatable bonds is 1. The van der Waals surface area contributed by atoms with E-state index >= 15 is 0 Å². The lowest BCUT2D eigenvalue weighted by Gasteiger charge is -2.55. The van der Waals surface area contributed by atoms with E-state index in [4.69, 9.17) is 28.4 Å². The van der Waals surface area contributed by atoms with E-state index < -0.39 is 0 Å². The molecule has 7 aliphatic heterocycles.